The Morgan fingerprint density at radius 3 is 2.88 bits per heavy atom. The van der Waals surface area contributed by atoms with E-state index in [0.29, 0.717) is 6.54 Å². The Labute approximate surface area is 94.3 Å². The molecule has 16 heavy (non-hydrogen) atoms. The number of nitrogens with zero attached hydrogens (tertiary/aromatic N) is 1. The first-order valence-electron chi connectivity index (χ1n) is 5.50. The van der Waals surface area contributed by atoms with Crippen LogP contribution in [-0.4, -0.2) is 15.6 Å². The van der Waals surface area contributed by atoms with Gasteiger partial charge >= 0.3 is 5.97 Å². The molecule has 0 unspecified atom stereocenters. The predicted molar refractivity (Wildman–Crippen MR) is 63.6 cm³/mol. The number of carboxylic acids is 1. The zero-order valence-electron chi connectivity index (χ0n) is 9.31. The molecule has 0 radical (unpaired) electrons. The summed E-state index contributed by atoms with van der Waals surface area (Å²) in [5.74, 6) is -0.757. The van der Waals surface area contributed by atoms with Gasteiger partial charge in [0.25, 0.3) is 0 Å². The molecule has 3 nitrogen and oxygen atoms in total. The maximum atomic E-state index is 10.5. The van der Waals surface area contributed by atoms with Gasteiger partial charge in [0.1, 0.15) is 0 Å². The molecule has 0 aliphatic rings. The van der Waals surface area contributed by atoms with Crippen LogP contribution in [0.1, 0.15) is 18.9 Å². The monoisotopic (exact) mass is 217 g/mol. The van der Waals surface area contributed by atoms with Crippen LogP contribution in [0.3, 0.4) is 0 Å². The number of aromatic nitrogens is 1. The molecule has 1 N–H and O–H groups in total. The highest BCUT2D eigenvalue weighted by molar-refractivity contribution is 5.81. The van der Waals surface area contributed by atoms with Gasteiger partial charge in [0.05, 0.1) is 6.42 Å². The summed E-state index contributed by atoms with van der Waals surface area (Å²) in [5, 5.41) is 9.84. The molecule has 0 bridgehead atoms. The SMILES string of the molecule is CCc1ccc2c(ccn2CCC(=O)O)c1. The van der Waals surface area contributed by atoms with Crippen molar-refractivity contribution in [2.75, 3.05) is 0 Å². The highest BCUT2D eigenvalue weighted by Crippen LogP contribution is 2.18. The van der Waals surface area contributed by atoms with Crippen molar-refractivity contribution in [3.05, 3.63) is 36.0 Å². The van der Waals surface area contributed by atoms with Crippen molar-refractivity contribution in [3.63, 3.8) is 0 Å². The number of fused-ring (bicyclic) bond motifs is 1. The smallest absolute Gasteiger partial charge is 0.305 e. The van der Waals surface area contributed by atoms with Gasteiger partial charge in [-0.1, -0.05) is 13.0 Å². The second-order valence-corrected chi connectivity index (χ2v) is 3.90. The summed E-state index contributed by atoms with van der Waals surface area (Å²) in [6, 6.07) is 8.36. The van der Waals surface area contributed by atoms with Gasteiger partial charge in [0.2, 0.25) is 0 Å². The molecule has 3 heteroatoms. The average molecular weight is 217 g/mol. The number of hydrogen-bond acceptors (Lipinski definition) is 1. The molecule has 2 aromatic rings. The molecular weight excluding hydrogens is 202 g/mol. The van der Waals surface area contributed by atoms with Crippen LogP contribution in [0.4, 0.5) is 0 Å². The Morgan fingerprint density at radius 2 is 2.19 bits per heavy atom. The highest BCUT2D eigenvalue weighted by atomic mass is 16.4. The van der Waals surface area contributed by atoms with Crippen LogP contribution in [0.2, 0.25) is 0 Å². The summed E-state index contributed by atoms with van der Waals surface area (Å²) >= 11 is 0. The summed E-state index contributed by atoms with van der Waals surface area (Å²) in [6.07, 6.45) is 3.14. The van der Waals surface area contributed by atoms with E-state index in [-0.39, 0.29) is 6.42 Å². The lowest BCUT2D eigenvalue weighted by Gasteiger charge is -2.03. The number of benzene rings is 1. The fraction of sp³-hybridized carbons (Fsp3) is 0.308. The molecule has 1 heterocycles. The van der Waals surface area contributed by atoms with Gasteiger partial charge < -0.3 is 9.67 Å². The number of aryl methyl sites for hydroxylation is 2. The van der Waals surface area contributed by atoms with Crippen molar-refractivity contribution in [3.8, 4) is 0 Å². The summed E-state index contributed by atoms with van der Waals surface area (Å²) in [5.41, 5.74) is 2.42. The van der Waals surface area contributed by atoms with Gasteiger partial charge in [-0.2, -0.15) is 0 Å². The van der Waals surface area contributed by atoms with E-state index in [1.165, 1.54) is 10.9 Å². The molecule has 0 saturated carbocycles. The molecule has 84 valence electrons. The van der Waals surface area contributed by atoms with Crippen molar-refractivity contribution < 1.29 is 9.90 Å². The van der Waals surface area contributed by atoms with Gasteiger partial charge in [-0.3, -0.25) is 4.79 Å². The third-order valence-electron chi connectivity index (χ3n) is 2.81. The normalized spacial score (nSPS) is 10.8. The van der Waals surface area contributed by atoms with Crippen molar-refractivity contribution in [1.82, 2.24) is 4.57 Å². The van der Waals surface area contributed by atoms with Crippen LogP contribution in [0.25, 0.3) is 10.9 Å². The second kappa shape index (κ2) is 4.39. The first kappa shape index (κ1) is 10.7. The third-order valence-corrected chi connectivity index (χ3v) is 2.81. The minimum Gasteiger partial charge on any atom is -0.481 e. The maximum absolute atomic E-state index is 10.5. The van der Waals surface area contributed by atoms with E-state index in [1.807, 2.05) is 16.8 Å². The fourth-order valence-corrected chi connectivity index (χ4v) is 1.88. The topological polar surface area (TPSA) is 42.2 Å². The second-order valence-electron chi connectivity index (χ2n) is 3.90. The van der Waals surface area contributed by atoms with E-state index in [0.717, 1.165) is 11.9 Å². The van der Waals surface area contributed by atoms with E-state index in [1.54, 1.807) is 0 Å². The van der Waals surface area contributed by atoms with Crippen LogP contribution in [-0.2, 0) is 17.8 Å². The average Bonchev–Trinajstić information content (AvgIpc) is 2.68. The molecule has 0 aliphatic carbocycles. The Kier molecular flexibility index (Phi) is 2.95. The zero-order chi connectivity index (χ0) is 11.5. The lowest BCUT2D eigenvalue weighted by Crippen LogP contribution is -2.03. The molecule has 0 atom stereocenters. The quantitative estimate of drug-likeness (QED) is 0.855. The Balaban J connectivity index is 2.30. The first-order valence-corrected chi connectivity index (χ1v) is 5.50. The molecule has 0 aliphatic heterocycles. The number of carboxylic acid groups (broad SMARTS) is 1. The van der Waals surface area contributed by atoms with Crippen LogP contribution >= 0.6 is 0 Å². The molecule has 0 fully saturated rings. The number of carbonyl (C=O) groups is 1. The van der Waals surface area contributed by atoms with Crippen molar-refractivity contribution in [1.29, 1.82) is 0 Å². The molecule has 1 aromatic heterocycles. The Morgan fingerprint density at radius 1 is 1.38 bits per heavy atom. The van der Waals surface area contributed by atoms with Crippen molar-refractivity contribution in [2.45, 2.75) is 26.3 Å². The fourth-order valence-electron chi connectivity index (χ4n) is 1.88. The molecule has 0 spiro atoms. The lowest BCUT2D eigenvalue weighted by atomic mass is 10.1. The molecule has 2 rings (SSSR count). The lowest BCUT2D eigenvalue weighted by molar-refractivity contribution is -0.137. The summed E-state index contributed by atoms with van der Waals surface area (Å²) in [7, 11) is 0. The van der Waals surface area contributed by atoms with Gasteiger partial charge in [0.15, 0.2) is 0 Å². The van der Waals surface area contributed by atoms with Crippen LogP contribution < -0.4 is 0 Å². The predicted octanol–water partition coefficient (Wildman–Crippen LogP) is 2.68. The maximum Gasteiger partial charge on any atom is 0.305 e. The largest absolute Gasteiger partial charge is 0.481 e. The summed E-state index contributed by atoms with van der Waals surface area (Å²) in [4.78, 5) is 10.5. The van der Waals surface area contributed by atoms with Crippen molar-refractivity contribution in [2.24, 2.45) is 0 Å². The standard InChI is InChI=1S/C13H15NO2/c1-2-10-3-4-12-11(9-10)5-7-14(12)8-6-13(15)16/h3-5,7,9H,2,6,8H2,1H3,(H,15,16). The number of hydrogen-bond donors (Lipinski definition) is 1. The summed E-state index contributed by atoms with van der Waals surface area (Å²) < 4.78 is 1.99. The van der Waals surface area contributed by atoms with Gasteiger partial charge in [0, 0.05) is 18.3 Å². The zero-order valence-corrected chi connectivity index (χ0v) is 9.31. The molecule has 0 saturated heterocycles. The third kappa shape index (κ3) is 2.08. The van der Waals surface area contributed by atoms with Crippen LogP contribution in [0.15, 0.2) is 30.5 Å². The van der Waals surface area contributed by atoms with Gasteiger partial charge in [-0.05, 0) is 35.6 Å². The molecule has 0 amide bonds. The summed E-state index contributed by atoms with van der Waals surface area (Å²) in [6.45, 7) is 2.66. The molecular formula is C13H15NO2. The highest BCUT2D eigenvalue weighted by Gasteiger charge is 2.03. The van der Waals surface area contributed by atoms with Crippen molar-refractivity contribution >= 4 is 16.9 Å². The van der Waals surface area contributed by atoms with E-state index in [2.05, 4.69) is 25.1 Å². The van der Waals surface area contributed by atoms with Crippen LogP contribution in [0, 0.1) is 0 Å². The minimum absolute atomic E-state index is 0.166. The van der Waals surface area contributed by atoms with Crippen LogP contribution in [0.5, 0.6) is 0 Å². The number of rotatable bonds is 4. The van der Waals surface area contributed by atoms with E-state index >= 15 is 0 Å². The van der Waals surface area contributed by atoms with E-state index in [4.69, 9.17) is 5.11 Å². The Hall–Kier alpha value is -1.77. The number of aliphatic carboxylic acids is 1. The first-order chi connectivity index (χ1) is 7.70. The van der Waals surface area contributed by atoms with E-state index < -0.39 is 5.97 Å². The molecule has 1 aromatic carbocycles. The Bertz CT molecular complexity index is 514. The van der Waals surface area contributed by atoms with Gasteiger partial charge in [-0.15, -0.1) is 0 Å². The van der Waals surface area contributed by atoms with E-state index in [9.17, 15) is 4.79 Å². The van der Waals surface area contributed by atoms with Gasteiger partial charge in [-0.25, -0.2) is 0 Å². The minimum atomic E-state index is -0.757.